The number of amides is 2. The molecule has 7 rings (SSSR count). The van der Waals surface area contributed by atoms with Gasteiger partial charge in [-0.3, -0.25) is 14.5 Å². The molecule has 3 aliphatic heterocycles. The lowest BCUT2D eigenvalue weighted by Crippen LogP contribution is -2.45. The van der Waals surface area contributed by atoms with Crippen molar-refractivity contribution < 1.29 is 28.3 Å². The number of aliphatic hydroxyl groups is 1. The van der Waals surface area contributed by atoms with Gasteiger partial charge in [-0.2, -0.15) is 0 Å². The first-order chi connectivity index (χ1) is 21.1. The average Bonchev–Trinajstić information content (AvgIpc) is 3.56. The van der Waals surface area contributed by atoms with Crippen molar-refractivity contribution >= 4 is 48.1 Å². The van der Waals surface area contributed by atoms with Crippen molar-refractivity contribution in [3.63, 3.8) is 0 Å². The monoisotopic (exact) mass is 610 g/mol. The molecule has 4 aromatic rings. The van der Waals surface area contributed by atoms with Gasteiger partial charge < -0.3 is 23.6 Å². The minimum Gasteiger partial charge on any atom is -0.497 e. The van der Waals surface area contributed by atoms with Crippen molar-refractivity contribution in [3.05, 3.63) is 95.6 Å². The lowest BCUT2D eigenvalue weighted by atomic mass is 9.82. The van der Waals surface area contributed by atoms with Crippen LogP contribution in [0.2, 0.25) is 18.6 Å². The minimum absolute atomic E-state index is 0.0882. The highest BCUT2D eigenvalue weighted by Crippen LogP contribution is 2.60. The summed E-state index contributed by atoms with van der Waals surface area (Å²) in [5.74, 6) is -0.219. The van der Waals surface area contributed by atoms with Gasteiger partial charge in [-0.15, -0.1) is 0 Å². The summed E-state index contributed by atoms with van der Waals surface area (Å²) >= 11 is 0. The van der Waals surface area contributed by atoms with E-state index in [-0.39, 0.29) is 31.4 Å². The van der Waals surface area contributed by atoms with Crippen molar-refractivity contribution in [2.75, 3.05) is 23.5 Å². The lowest BCUT2D eigenvalue weighted by molar-refractivity contribution is -0.146. The number of carbonyl (C=O) groups excluding carboxylic acids is 2. The van der Waals surface area contributed by atoms with E-state index in [1.54, 1.807) is 30.0 Å². The largest absolute Gasteiger partial charge is 0.497 e. The van der Waals surface area contributed by atoms with Crippen LogP contribution in [0.15, 0.2) is 78.9 Å². The van der Waals surface area contributed by atoms with Crippen LogP contribution < -0.4 is 14.5 Å². The highest BCUT2D eigenvalue weighted by atomic mass is 28.4. The second kappa shape index (κ2) is 10.3. The Kier molecular flexibility index (Phi) is 6.69. The Morgan fingerprint density at radius 2 is 1.75 bits per heavy atom. The van der Waals surface area contributed by atoms with Crippen LogP contribution >= 0.6 is 0 Å². The molecule has 1 fully saturated rings. The number of anilines is 3. The SMILES string of the molecule is COc1ccc2c(c1)[C@]1(O[C@@H](CCO)[C@H]([Si](C)(C)F)[C@H]1C)C(=O)N2Cc1cccc(N2C(=O)c3cccc4cccc2c34)c1. The molecule has 4 aromatic carbocycles. The Labute approximate surface area is 257 Å². The van der Waals surface area contributed by atoms with Gasteiger partial charge in [0.2, 0.25) is 8.41 Å². The molecule has 0 aliphatic carbocycles. The van der Waals surface area contributed by atoms with Crippen LogP contribution in [0.4, 0.5) is 21.2 Å². The molecule has 226 valence electrons. The van der Waals surface area contributed by atoms with Crippen LogP contribution in [-0.4, -0.2) is 45.1 Å². The second-order valence-electron chi connectivity index (χ2n) is 12.5. The number of fused-ring (bicyclic) bond motifs is 2. The zero-order valence-corrected chi connectivity index (χ0v) is 26.2. The third-order valence-corrected chi connectivity index (χ3v) is 12.1. The summed E-state index contributed by atoms with van der Waals surface area (Å²) < 4.78 is 28.0. The standard InChI is InChI=1S/C35H35FN2O5Si/c1-21-32(44(3,4)36)30(16-17-39)43-35(21)27-19-25(42-2)14-15-28(27)37(34(35)41)20-22-8-5-11-24(18-22)38-29-13-7-10-23-9-6-12-26(31(23)29)33(38)40/h5-15,18-19,21,30,32,39H,16-17,20H2,1-4H3/t21-,30+,32-,35+/m1/s1. The molecule has 1 spiro atoms. The number of rotatable bonds is 7. The normalized spacial score (nSPS) is 24.2. The number of hydrogen-bond acceptors (Lipinski definition) is 5. The molecule has 0 unspecified atom stereocenters. The maximum absolute atomic E-state index is 15.8. The summed E-state index contributed by atoms with van der Waals surface area (Å²) in [5, 5.41) is 11.8. The first-order valence-electron chi connectivity index (χ1n) is 15.0. The molecule has 0 radical (unpaired) electrons. The number of aliphatic hydroxyl groups excluding tert-OH is 1. The number of halogens is 1. The Balaban J connectivity index is 1.28. The highest BCUT2D eigenvalue weighted by Gasteiger charge is 2.66. The Morgan fingerprint density at radius 1 is 1.00 bits per heavy atom. The maximum Gasteiger partial charge on any atom is 0.264 e. The summed E-state index contributed by atoms with van der Waals surface area (Å²) in [6.45, 7) is 5.27. The van der Waals surface area contributed by atoms with Crippen LogP contribution in [0.25, 0.3) is 10.8 Å². The van der Waals surface area contributed by atoms with Crippen LogP contribution in [0.5, 0.6) is 5.75 Å². The summed E-state index contributed by atoms with van der Waals surface area (Å²) in [6, 6.07) is 24.8. The predicted molar refractivity (Wildman–Crippen MR) is 171 cm³/mol. The third-order valence-electron chi connectivity index (χ3n) is 9.65. The molecule has 1 N–H and O–H groups in total. The summed E-state index contributed by atoms with van der Waals surface area (Å²) in [6.07, 6.45) is -0.330. The molecule has 1 saturated heterocycles. The highest BCUT2D eigenvalue weighted by molar-refractivity contribution is 6.72. The van der Waals surface area contributed by atoms with Crippen molar-refractivity contribution in [1.29, 1.82) is 0 Å². The van der Waals surface area contributed by atoms with Crippen LogP contribution in [0.3, 0.4) is 0 Å². The van der Waals surface area contributed by atoms with Gasteiger partial charge in [0.25, 0.3) is 11.8 Å². The Bertz CT molecular complexity index is 1820. The van der Waals surface area contributed by atoms with E-state index in [0.29, 0.717) is 28.3 Å². The zero-order chi connectivity index (χ0) is 31.0. The Morgan fingerprint density at radius 3 is 2.48 bits per heavy atom. The zero-order valence-electron chi connectivity index (χ0n) is 25.2. The first-order valence-corrected chi connectivity index (χ1v) is 18.0. The molecule has 0 bridgehead atoms. The molecule has 0 saturated carbocycles. The molecule has 44 heavy (non-hydrogen) atoms. The Hall–Kier alpha value is -4.05. The van der Waals surface area contributed by atoms with Gasteiger partial charge in [0, 0.05) is 34.7 Å². The second-order valence-corrected chi connectivity index (χ2v) is 16.3. The van der Waals surface area contributed by atoms with Crippen LogP contribution in [-0.2, 0) is 21.7 Å². The van der Waals surface area contributed by atoms with Gasteiger partial charge in [-0.25, -0.2) is 0 Å². The molecule has 9 heteroatoms. The summed E-state index contributed by atoms with van der Waals surface area (Å²) in [4.78, 5) is 31.7. The maximum atomic E-state index is 15.8. The third kappa shape index (κ3) is 4.06. The van der Waals surface area contributed by atoms with Crippen LogP contribution in [0, 0.1) is 5.92 Å². The van der Waals surface area contributed by atoms with E-state index in [2.05, 4.69) is 0 Å². The van der Waals surface area contributed by atoms with Crippen molar-refractivity contribution in [1.82, 2.24) is 0 Å². The van der Waals surface area contributed by atoms with Crippen molar-refractivity contribution in [2.24, 2.45) is 5.92 Å². The molecule has 3 aliphatic rings. The number of ether oxygens (including phenoxy) is 2. The van der Waals surface area contributed by atoms with E-state index in [9.17, 15) is 14.7 Å². The van der Waals surface area contributed by atoms with Gasteiger partial charge >= 0.3 is 0 Å². The van der Waals surface area contributed by atoms with E-state index in [4.69, 9.17) is 9.47 Å². The average molecular weight is 611 g/mol. The smallest absolute Gasteiger partial charge is 0.264 e. The number of hydrogen-bond donors (Lipinski definition) is 1. The minimum atomic E-state index is -3.30. The van der Waals surface area contributed by atoms with Gasteiger partial charge in [-0.05, 0) is 72.9 Å². The molecular weight excluding hydrogens is 575 g/mol. The van der Waals surface area contributed by atoms with Gasteiger partial charge in [0.05, 0.1) is 36.7 Å². The fourth-order valence-corrected chi connectivity index (χ4v) is 10.4. The molecule has 2 amide bonds. The molecule has 4 atom stereocenters. The number of nitrogens with zero attached hydrogens (tertiary/aromatic N) is 2. The quantitative estimate of drug-likeness (QED) is 0.183. The molecule has 0 aromatic heterocycles. The van der Waals surface area contributed by atoms with Gasteiger partial charge in [-0.1, -0.05) is 43.3 Å². The topological polar surface area (TPSA) is 79.3 Å². The summed E-state index contributed by atoms with van der Waals surface area (Å²) in [5.41, 5.74) is 2.51. The molecular formula is C35H35FN2O5Si. The van der Waals surface area contributed by atoms with Gasteiger partial charge in [0.15, 0.2) is 5.60 Å². The van der Waals surface area contributed by atoms with E-state index in [0.717, 1.165) is 22.0 Å². The van der Waals surface area contributed by atoms with E-state index in [1.807, 2.05) is 85.8 Å². The van der Waals surface area contributed by atoms with Crippen molar-refractivity contribution in [3.8, 4) is 5.75 Å². The van der Waals surface area contributed by atoms with Crippen LogP contribution in [0.1, 0.15) is 34.8 Å². The fourth-order valence-electron chi connectivity index (χ4n) is 7.86. The number of benzene rings is 4. The molecule has 3 heterocycles. The van der Waals surface area contributed by atoms with E-state index >= 15 is 4.11 Å². The predicted octanol–water partition coefficient (Wildman–Crippen LogP) is 6.84. The van der Waals surface area contributed by atoms with Gasteiger partial charge in [0.1, 0.15) is 5.75 Å². The first kappa shape index (κ1) is 28.7. The molecule has 7 nitrogen and oxygen atoms in total. The van der Waals surface area contributed by atoms with E-state index < -0.39 is 31.6 Å². The fraction of sp³-hybridized carbons (Fsp3) is 0.314. The number of carbonyl (C=O) groups is 2. The lowest BCUT2D eigenvalue weighted by Gasteiger charge is -2.31. The number of methoxy groups -OCH3 is 1. The van der Waals surface area contributed by atoms with E-state index in [1.165, 1.54) is 0 Å². The summed E-state index contributed by atoms with van der Waals surface area (Å²) in [7, 11) is -1.73. The van der Waals surface area contributed by atoms with Crippen molar-refractivity contribution in [2.45, 2.75) is 50.2 Å².